The molecule has 0 spiro atoms. The van der Waals surface area contributed by atoms with Crippen LogP contribution in [-0.4, -0.2) is 28.7 Å². The molecule has 2 heterocycles. The minimum atomic E-state index is -0.0804. The predicted octanol–water partition coefficient (Wildman–Crippen LogP) is 3.34. The summed E-state index contributed by atoms with van der Waals surface area (Å²) in [6.45, 7) is 6.92. The molecule has 0 saturated carbocycles. The Morgan fingerprint density at radius 3 is 2.95 bits per heavy atom. The minimum absolute atomic E-state index is 0.0804. The molecule has 6 heteroatoms. The fourth-order valence-electron chi connectivity index (χ4n) is 1.84. The standard InChI is InChI=1S/C14H19N3O2S/c1-4-15-14(18)17(10(2)3)9-11-8-12(19-16-11)13-6-5-7-20-13/h5-8,10H,4,9H2,1-3H3,(H,15,18). The van der Waals surface area contributed by atoms with Crippen LogP contribution < -0.4 is 5.32 Å². The summed E-state index contributed by atoms with van der Waals surface area (Å²) in [7, 11) is 0. The smallest absolute Gasteiger partial charge is 0.317 e. The molecule has 0 aliphatic carbocycles. The molecule has 1 N–H and O–H groups in total. The molecule has 0 aliphatic heterocycles. The zero-order chi connectivity index (χ0) is 14.5. The lowest BCUT2D eigenvalue weighted by atomic mass is 10.2. The number of amides is 2. The maximum atomic E-state index is 12.0. The van der Waals surface area contributed by atoms with Crippen LogP contribution in [0.15, 0.2) is 28.1 Å². The van der Waals surface area contributed by atoms with Gasteiger partial charge in [0.25, 0.3) is 0 Å². The van der Waals surface area contributed by atoms with E-state index in [1.807, 2.05) is 44.4 Å². The summed E-state index contributed by atoms with van der Waals surface area (Å²) in [5.41, 5.74) is 0.758. The van der Waals surface area contributed by atoms with Gasteiger partial charge in [0.2, 0.25) is 0 Å². The topological polar surface area (TPSA) is 58.4 Å². The molecule has 2 aromatic heterocycles. The maximum Gasteiger partial charge on any atom is 0.317 e. The molecule has 0 bridgehead atoms. The van der Waals surface area contributed by atoms with E-state index in [4.69, 9.17) is 4.52 Å². The minimum Gasteiger partial charge on any atom is -0.355 e. The number of aromatic nitrogens is 1. The van der Waals surface area contributed by atoms with E-state index in [0.717, 1.165) is 16.3 Å². The van der Waals surface area contributed by atoms with Gasteiger partial charge in [0.15, 0.2) is 5.76 Å². The van der Waals surface area contributed by atoms with Gasteiger partial charge in [-0.2, -0.15) is 0 Å². The van der Waals surface area contributed by atoms with Crippen molar-refractivity contribution in [1.29, 1.82) is 0 Å². The lowest BCUT2D eigenvalue weighted by molar-refractivity contribution is 0.178. The summed E-state index contributed by atoms with van der Waals surface area (Å²) in [6.07, 6.45) is 0. The van der Waals surface area contributed by atoms with Gasteiger partial charge in [-0.3, -0.25) is 0 Å². The number of rotatable bonds is 5. The first-order valence-corrected chi connectivity index (χ1v) is 7.53. The highest BCUT2D eigenvalue weighted by Crippen LogP contribution is 2.25. The van der Waals surface area contributed by atoms with Gasteiger partial charge in [-0.15, -0.1) is 11.3 Å². The van der Waals surface area contributed by atoms with Crippen LogP contribution in [0.4, 0.5) is 4.79 Å². The Kier molecular flexibility index (Phi) is 4.79. The van der Waals surface area contributed by atoms with E-state index in [2.05, 4.69) is 10.5 Å². The van der Waals surface area contributed by atoms with Gasteiger partial charge >= 0.3 is 6.03 Å². The number of carbonyl (C=O) groups is 1. The van der Waals surface area contributed by atoms with Crippen LogP contribution >= 0.6 is 11.3 Å². The summed E-state index contributed by atoms with van der Waals surface area (Å²) in [5, 5.41) is 8.85. The van der Waals surface area contributed by atoms with E-state index in [9.17, 15) is 4.79 Å². The molecule has 2 rings (SSSR count). The van der Waals surface area contributed by atoms with Gasteiger partial charge in [-0.05, 0) is 32.2 Å². The van der Waals surface area contributed by atoms with Gasteiger partial charge in [-0.25, -0.2) is 4.79 Å². The Balaban J connectivity index is 2.09. The van der Waals surface area contributed by atoms with Crippen molar-refractivity contribution < 1.29 is 9.32 Å². The van der Waals surface area contributed by atoms with Crippen molar-refractivity contribution in [2.75, 3.05) is 6.54 Å². The average Bonchev–Trinajstić information content (AvgIpc) is 3.06. The Morgan fingerprint density at radius 2 is 2.35 bits per heavy atom. The van der Waals surface area contributed by atoms with Crippen molar-refractivity contribution in [3.63, 3.8) is 0 Å². The highest BCUT2D eigenvalue weighted by Gasteiger charge is 2.19. The number of hydrogen-bond acceptors (Lipinski definition) is 4. The quantitative estimate of drug-likeness (QED) is 0.919. The largest absolute Gasteiger partial charge is 0.355 e. The van der Waals surface area contributed by atoms with Gasteiger partial charge in [-0.1, -0.05) is 11.2 Å². The molecule has 0 aliphatic rings. The molecule has 0 saturated heterocycles. The van der Waals surface area contributed by atoms with Crippen LogP contribution in [0, 0.1) is 0 Å². The Bertz CT molecular complexity index is 549. The molecule has 108 valence electrons. The van der Waals surface area contributed by atoms with E-state index in [-0.39, 0.29) is 12.1 Å². The SMILES string of the molecule is CCNC(=O)N(Cc1cc(-c2cccs2)on1)C(C)C. The highest BCUT2D eigenvalue weighted by molar-refractivity contribution is 7.13. The third-order valence-electron chi connectivity index (χ3n) is 2.87. The van der Waals surface area contributed by atoms with Crippen molar-refractivity contribution in [3.8, 4) is 10.6 Å². The van der Waals surface area contributed by atoms with E-state index in [1.165, 1.54) is 0 Å². The van der Waals surface area contributed by atoms with E-state index in [0.29, 0.717) is 13.1 Å². The van der Waals surface area contributed by atoms with Gasteiger partial charge < -0.3 is 14.7 Å². The third kappa shape index (κ3) is 3.39. The summed E-state index contributed by atoms with van der Waals surface area (Å²) in [4.78, 5) is 14.8. The normalized spacial score (nSPS) is 10.8. The van der Waals surface area contributed by atoms with Crippen molar-refractivity contribution in [3.05, 3.63) is 29.3 Å². The first-order chi connectivity index (χ1) is 9.61. The molecule has 0 radical (unpaired) electrons. The number of thiophene rings is 1. The Labute approximate surface area is 122 Å². The van der Waals surface area contributed by atoms with Crippen LogP contribution in [0.1, 0.15) is 26.5 Å². The third-order valence-corrected chi connectivity index (χ3v) is 3.75. The monoisotopic (exact) mass is 293 g/mol. The average molecular weight is 293 g/mol. The van der Waals surface area contributed by atoms with Crippen LogP contribution in [-0.2, 0) is 6.54 Å². The fraction of sp³-hybridized carbons (Fsp3) is 0.429. The fourth-order valence-corrected chi connectivity index (χ4v) is 2.51. The molecule has 5 nitrogen and oxygen atoms in total. The van der Waals surface area contributed by atoms with Crippen LogP contribution in [0.25, 0.3) is 10.6 Å². The second kappa shape index (κ2) is 6.56. The zero-order valence-corrected chi connectivity index (χ0v) is 12.7. The van der Waals surface area contributed by atoms with Crippen LogP contribution in [0.5, 0.6) is 0 Å². The van der Waals surface area contributed by atoms with Crippen LogP contribution in [0.2, 0.25) is 0 Å². The summed E-state index contributed by atoms with van der Waals surface area (Å²) >= 11 is 1.60. The number of hydrogen-bond donors (Lipinski definition) is 1. The first kappa shape index (κ1) is 14.6. The zero-order valence-electron chi connectivity index (χ0n) is 11.9. The van der Waals surface area contributed by atoms with E-state index in [1.54, 1.807) is 16.2 Å². The molecule has 20 heavy (non-hydrogen) atoms. The highest BCUT2D eigenvalue weighted by atomic mass is 32.1. The Morgan fingerprint density at radius 1 is 1.55 bits per heavy atom. The number of nitrogens with one attached hydrogen (secondary N) is 1. The molecule has 0 unspecified atom stereocenters. The second-order valence-electron chi connectivity index (χ2n) is 4.72. The molecule has 2 amide bonds. The van der Waals surface area contributed by atoms with Crippen LogP contribution in [0.3, 0.4) is 0 Å². The molecule has 2 aromatic rings. The number of urea groups is 1. The summed E-state index contributed by atoms with van der Waals surface area (Å²) in [5.74, 6) is 0.745. The molecule has 0 atom stereocenters. The van der Waals surface area contributed by atoms with E-state index < -0.39 is 0 Å². The lowest BCUT2D eigenvalue weighted by Crippen LogP contribution is -2.43. The second-order valence-corrected chi connectivity index (χ2v) is 5.66. The first-order valence-electron chi connectivity index (χ1n) is 6.65. The number of carbonyl (C=O) groups excluding carboxylic acids is 1. The van der Waals surface area contributed by atoms with Gasteiger partial charge in [0.05, 0.1) is 11.4 Å². The van der Waals surface area contributed by atoms with Gasteiger partial charge in [0.1, 0.15) is 5.69 Å². The molecule has 0 fully saturated rings. The van der Waals surface area contributed by atoms with Gasteiger partial charge in [0, 0.05) is 18.7 Å². The van der Waals surface area contributed by atoms with Crippen molar-refractivity contribution in [1.82, 2.24) is 15.4 Å². The predicted molar refractivity (Wildman–Crippen MR) is 79.6 cm³/mol. The number of nitrogens with zero attached hydrogens (tertiary/aromatic N) is 2. The van der Waals surface area contributed by atoms with Crippen molar-refractivity contribution in [2.45, 2.75) is 33.4 Å². The Hall–Kier alpha value is -1.82. The molecular formula is C14H19N3O2S. The molecule has 0 aromatic carbocycles. The maximum absolute atomic E-state index is 12.0. The summed E-state index contributed by atoms with van der Waals surface area (Å²) in [6, 6.07) is 5.86. The van der Waals surface area contributed by atoms with Crippen molar-refractivity contribution in [2.24, 2.45) is 0 Å². The lowest BCUT2D eigenvalue weighted by Gasteiger charge is -2.25. The molecular weight excluding hydrogens is 274 g/mol. The summed E-state index contributed by atoms with van der Waals surface area (Å²) < 4.78 is 5.33. The van der Waals surface area contributed by atoms with E-state index >= 15 is 0 Å². The van der Waals surface area contributed by atoms with Crippen molar-refractivity contribution >= 4 is 17.4 Å².